The Kier molecular flexibility index (Phi) is 4.31. The van der Waals surface area contributed by atoms with E-state index in [1.165, 1.54) is 6.07 Å². The molecule has 1 aromatic heterocycles. The van der Waals surface area contributed by atoms with Gasteiger partial charge >= 0.3 is 0 Å². The molecule has 1 fully saturated rings. The Morgan fingerprint density at radius 1 is 1.47 bits per heavy atom. The fourth-order valence-corrected chi connectivity index (χ4v) is 6.13. The molecule has 108 valence electrons. The zero-order valence-electron chi connectivity index (χ0n) is 10.1. The van der Waals surface area contributed by atoms with Crippen LogP contribution in [0.5, 0.6) is 0 Å². The maximum Gasteiger partial charge on any atom is 0.250 e. The van der Waals surface area contributed by atoms with E-state index in [-0.39, 0.29) is 34.8 Å². The van der Waals surface area contributed by atoms with E-state index in [1.807, 2.05) is 0 Å². The lowest BCUT2D eigenvalue weighted by Crippen LogP contribution is -2.29. The third kappa shape index (κ3) is 3.76. The second-order valence-electron chi connectivity index (χ2n) is 4.55. The number of aliphatic hydroxyl groups excluding tert-OH is 1. The van der Waals surface area contributed by atoms with Crippen molar-refractivity contribution in [3.63, 3.8) is 0 Å². The Bertz CT molecular complexity index is 646. The van der Waals surface area contributed by atoms with Gasteiger partial charge in [-0.15, -0.1) is 11.3 Å². The van der Waals surface area contributed by atoms with E-state index in [0.29, 0.717) is 12.0 Å². The van der Waals surface area contributed by atoms with Crippen molar-refractivity contribution >= 4 is 31.2 Å². The highest BCUT2D eigenvalue weighted by Gasteiger charge is 2.29. The van der Waals surface area contributed by atoms with Gasteiger partial charge in [-0.1, -0.05) is 0 Å². The predicted molar refractivity (Wildman–Crippen MR) is 72.2 cm³/mol. The first-order valence-corrected chi connectivity index (χ1v) is 9.89. The minimum absolute atomic E-state index is 0.0435. The molecule has 0 radical (unpaired) electrons. The van der Waals surface area contributed by atoms with Gasteiger partial charge in [-0.05, 0) is 29.3 Å². The number of aliphatic hydroxyl groups is 1. The second-order valence-corrected chi connectivity index (χ2v) is 9.69. The first-order chi connectivity index (χ1) is 8.82. The lowest BCUT2D eigenvalue weighted by molar-refractivity contribution is 0.282. The van der Waals surface area contributed by atoms with E-state index >= 15 is 0 Å². The molecule has 1 saturated heterocycles. The minimum atomic E-state index is -3.61. The Balaban J connectivity index is 1.98. The van der Waals surface area contributed by atoms with Crippen LogP contribution in [0.2, 0.25) is 0 Å². The molecule has 0 amide bonds. The smallest absolute Gasteiger partial charge is 0.250 e. The van der Waals surface area contributed by atoms with Crippen molar-refractivity contribution in [1.29, 1.82) is 0 Å². The van der Waals surface area contributed by atoms with Gasteiger partial charge in [-0.2, -0.15) is 0 Å². The maximum atomic E-state index is 11.9. The average molecular weight is 325 g/mol. The van der Waals surface area contributed by atoms with Crippen LogP contribution in [0.15, 0.2) is 15.7 Å². The van der Waals surface area contributed by atoms with E-state index in [0.717, 1.165) is 11.3 Å². The van der Waals surface area contributed by atoms with Gasteiger partial charge in [-0.3, -0.25) is 0 Å². The molecule has 0 spiro atoms. The summed E-state index contributed by atoms with van der Waals surface area (Å²) in [4.78, 5) is 0. The molecule has 0 aromatic carbocycles. The van der Waals surface area contributed by atoms with Gasteiger partial charge in [0.05, 0.1) is 18.1 Å². The van der Waals surface area contributed by atoms with Gasteiger partial charge in [-0.25, -0.2) is 21.6 Å². The monoisotopic (exact) mass is 325 g/mol. The van der Waals surface area contributed by atoms with Crippen molar-refractivity contribution in [3.8, 4) is 0 Å². The SMILES string of the molecule is O=S1(=O)CCC(CNS(=O)(=O)c2cc(CO)cs2)C1. The fraction of sp³-hybridized carbons (Fsp3) is 0.600. The number of hydrogen-bond acceptors (Lipinski definition) is 6. The Morgan fingerprint density at radius 3 is 2.74 bits per heavy atom. The largest absolute Gasteiger partial charge is 0.392 e. The van der Waals surface area contributed by atoms with Gasteiger partial charge in [0.25, 0.3) is 0 Å². The van der Waals surface area contributed by atoms with Gasteiger partial charge in [0.1, 0.15) is 4.21 Å². The van der Waals surface area contributed by atoms with Crippen molar-refractivity contribution in [2.75, 3.05) is 18.1 Å². The third-order valence-corrected chi connectivity index (χ3v) is 7.71. The summed E-state index contributed by atoms with van der Waals surface area (Å²) >= 11 is 1.03. The Hall–Kier alpha value is -0.480. The summed E-state index contributed by atoms with van der Waals surface area (Å²) < 4.78 is 49.0. The van der Waals surface area contributed by atoms with Gasteiger partial charge < -0.3 is 5.11 Å². The van der Waals surface area contributed by atoms with Crippen molar-refractivity contribution in [1.82, 2.24) is 4.72 Å². The quantitative estimate of drug-likeness (QED) is 0.791. The van der Waals surface area contributed by atoms with Crippen LogP contribution >= 0.6 is 11.3 Å². The van der Waals surface area contributed by atoms with Gasteiger partial charge in [0, 0.05) is 6.54 Å². The zero-order chi connectivity index (χ0) is 14.1. The Labute approximate surface area is 116 Å². The van der Waals surface area contributed by atoms with Gasteiger partial charge in [0.15, 0.2) is 9.84 Å². The zero-order valence-corrected chi connectivity index (χ0v) is 12.5. The van der Waals surface area contributed by atoms with Crippen LogP contribution in [-0.2, 0) is 26.5 Å². The molecular weight excluding hydrogens is 310 g/mol. The molecule has 0 aliphatic carbocycles. The first kappa shape index (κ1) is 14.9. The van der Waals surface area contributed by atoms with Crippen LogP contribution in [0.1, 0.15) is 12.0 Å². The van der Waals surface area contributed by atoms with E-state index in [1.54, 1.807) is 5.38 Å². The average Bonchev–Trinajstić information content (AvgIpc) is 2.93. The lowest BCUT2D eigenvalue weighted by Gasteiger charge is -2.08. The molecule has 9 heteroatoms. The summed E-state index contributed by atoms with van der Waals surface area (Å²) in [7, 11) is -6.60. The van der Waals surface area contributed by atoms with Crippen LogP contribution in [0.3, 0.4) is 0 Å². The first-order valence-electron chi connectivity index (χ1n) is 5.71. The number of sulfone groups is 1. The molecule has 19 heavy (non-hydrogen) atoms. The summed E-state index contributed by atoms with van der Waals surface area (Å²) in [6.07, 6.45) is 0.497. The number of sulfonamides is 1. The van der Waals surface area contributed by atoms with Crippen LogP contribution in [0, 0.1) is 5.92 Å². The highest BCUT2D eigenvalue weighted by Crippen LogP contribution is 2.22. The maximum absolute atomic E-state index is 11.9. The molecule has 0 bridgehead atoms. The normalized spacial score (nSPS) is 22.7. The van der Waals surface area contributed by atoms with Crippen molar-refractivity contribution in [2.45, 2.75) is 17.2 Å². The number of thiophene rings is 1. The molecule has 1 aliphatic heterocycles. The fourth-order valence-electron chi connectivity index (χ4n) is 1.91. The number of nitrogens with one attached hydrogen (secondary N) is 1. The molecule has 1 atom stereocenters. The molecule has 6 nitrogen and oxygen atoms in total. The van der Waals surface area contributed by atoms with Crippen molar-refractivity contribution in [3.05, 3.63) is 17.0 Å². The summed E-state index contributed by atoms with van der Waals surface area (Å²) in [5.41, 5.74) is 0.550. The van der Waals surface area contributed by atoms with Gasteiger partial charge in [0.2, 0.25) is 10.0 Å². The van der Waals surface area contributed by atoms with Crippen LogP contribution in [-0.4, -0.2) is 40.0 Å². The minimum Gasteiger partial charge on any atom is -0.392 e. The number of rotatable bonds is 5. The van der Waals surface area contributed by atoms with Crippen LogP contribution in [0.25, 0.3) is 0 Å². The molecule has 1 unspecified atom stereocenters. The topological polar surface area (TPSA) is 101 Å². The van der Waals surface area contributed by atoms with E-state index in [4.69, 9.17) is 5.11 Å². The second kappa shape index (κ2) is 5.49. The van der Waals surface area contributed by atoms with E-state index < -0.39 is 19.9 Å². The molecular formula is C10H15NO5S3. The van der Waals surface area contributed by atoms with Crippen LogP contribution in [0.4, 0.5) is 0 Å². The van der Waals surface area contributed by atoms with Crippen molar-refractivity contribution < 1.29 is 21.9 Å². The third-order valence-electron chi connectivity index (χ3n) is 2.97. The summed E-state index contributed by atoms with van der Waals surface area (Å²) in [6.45, 7) is -0.0686. The molecule has 1 aliphatic rings. The standard InChI is InChI=1S/C10H15NO5S3/c12-5-9-3-10(17-6-9)19(15,16)11-4-8-1-2-18(13,14)7-8/h3,6,8,11-12H,1-2,4-5,7H2. The Morgan fingerprint density at radius 2 is 2.21 bits per heavy atom. The van der Waals surface area contributed by atoms with E-state index in [2.05, 4.69) is 4.72 Å². The molecule has 2 rings (SSSR count). The highest BCUT2D eigenvalue weighted by atomic mass is 32.2. The van der Waals surface area contributed by atoms with Crippen molar-refractivity contribution in [2.24, 2.45) is 5.92 Å². The molecule has 2 N–H and O–H groups in total. The van der Waals surface area contributed by atoms with Crippen LogP contribution < -0.4 is 4.72 Å². The van der Waals surface area contributed by atoms with E-state index in [9.17, 15) is 16.8 Å². The molecule has 0 saturated carbocycles. The summed E-state index contributed by atoms with van der Waals surface area (Å²) in [5, 5.41) is 10.5. The highest BCUT2D eigenvalue weighted by molar-refractivity contribution is 7.92. The molecule has 1 aromatic rings. The summed E-state index contributed by atoms with van der Waals surface area (Å²) in [6, 6.07) is 1.42. The predicted octanol–water partition coefficient (Wildman–Crippen LogP) is -0.0466. The lowest BCUT2D eigenvalue weighted by atomic mass is 10.1. The molecule has 2 heterocycles. The summed E-state index contributed by atoms with van der Waals surface area (Å²) in [5.74, 6) is 0.0200. The number of hydrogen-bond donors (Lipinski definition) is 2.